The fourth-order valence-corrected chi connectivity index (χ4v) is 2.82. The maximum absolute atomic E-state index is 12.4. The third kappa shape index (κ3) is 17.9. The lowest BCUT2D eigenvalue weighted by atomic mass is 10.3. The van der Waals surface area contributed by atoms with Gasteiger partial charge in [-0.25, -0.2) is 19.2 Å². The van der Waals surface area contributed by atoms with Gasteiger partial charge in [0.25, 0.3) is 0 Å². The summed E-state index contributed by atoms with van der Waals surface area (Å²) in [5.74, 6) is -1.30. The van der Waals surface area contributed by atoms with Crippen molar-refractivity contribution in [1.82, 2.24) is 9.80 Å². The number of hydrogen-bond acceptors (Lipinski definition) is 10. The Morgan fingerprint density at radius 2 is 1.15 bits per heavy atom. The molecule has 2 amide bonds. The van der Waals surface area contributed by atoms with E-state index in [1.165, 1.54) is 9.80 Å². The van der Waals surface area contributed by atoms with Gasteiger partial charge in [0.1, 0.15) is 13.2 Å². The number of rotatable bonds is 21. The van der Waals surface area contributed by atoms with Crippen LogP contribution in [0.25, 0.3) is 0 Å². The molecule has 0 spiro atoms. The van der Waals surface area contributed by atoms with Crippen molar-refractivity contribution in [3.63, 3.8) is 0 Å². The summed E-state index contributed by atoms with van der Waals surface area (Å²) in [6.07, 6.45) is 2.25. The molecule has 0 heterocycles. The summed E-state index contributed by atoms with van der Waals surface area (Å²) in [5.41, 5.74) is 0. The van der Waals surface area contributed by atoms with Gasteiger partial charge in [-0.2, -0.15) is 0 Å². The first kappa shape index (κ1) is 35.9. The minimum atomic E-state index is -0.849. The van der Waals surface area contributed by atoms with Crippen LogP contribution in [-0.4, -0.2) is 112 Å². The molecule has 0 radical (unpaired) electrons. The Hall–Kier alpha value is -3.12. The third-order valence-electron chi connectivity index (χ3n) is 5.23. The molecule has 0 saturated heterocycles. The van der Waals surface area contributed by atoms with Crippen LogP contribution >= 0.6 is 0 Å². The zero-order valence-corrected chi connectivity index (χ0v) is 24.1. The molecular formula is C27H46N2O10. The summed E-state index contributed by atoms with van der Waals surface area (Å²) in [6.45, 7) is 13.1. The minimum Gasteiger partial charge on any atom is -0.458 e. The highest BCUT2D eigenvalue weighted by Crippen LogP contribution is 2.06. The van der Waals surface area contributed by atoms with Gasteiger partial charge < -0.3 is 38.2 Å². The van der Waals surface area contributed by atoms with Gasteiger partial charge in [0.15, 0.2) is 12.2 Å². The minimum absolute atomic E-state index is 0.0525. The molecule has 0 aromatic rings. The fraction of sp³-hybridized carbons (Fsp3) is 0.704. The number of nitrogens with zero attached hydrogens (tertiary/aromatic N) is 2. The lowest BCUT2D eigenvalue weighted by Gasteiger charge is -2.24. The zero-order valence-electron chi connectivity index (χ0n) is 24.1. The van der Waals surface area contributed by atoms with E-state index in [1.54, 1.807) is 21.0 Å². The lowest BCUT2D eigenvalue weighted by Crippen LogP contribution is -2.38. The SMILES string of the molecule is C=CC(=O)OCC(COCC(C)OCC(COC(=O)C=C)OC(=O)N(C)CCCC)OC(=O)N(C)CCCC. The van der Waals surface area contributed by atoms with Crippen molar-refractivity contribution in [2.45, 2.75) is 64.8 Å². The molecule has 0 aromatic carbocycles. The van der Waals surface area contributed by atoms with Crippen LogP contribution in [0.5, 0.6) is 0 Å². The van der Waals surface area contributed by atoms with E-state index < -0.39 is 42.4 Å². The van der Waals surface area contributed by atoms with Crippen molar-refractivity contribution < 1.29 is 47.6 Å². The quantitative estimate of drug-likeness (QED) is 0.117. The van der Waals surface area contributed by atoms with Crippen molar-refractivity contribution in [3.05, 3.63) is 25.3 Å². The number of esters is 2. The molecule has 12 heteroatoms. The molecule has 0 aliphatic rings. The number of unbranched alkanes of at least 4 members (excludes halogenated alkanes) is 2. The van der Waals surface area contributed by atoms with Crippen molar-refractivity contribution in [3.8, 4) is 0 Å². The molecule has 12 nitrogen and oxygen atoms in total. The molecule has 0 fully saturated rings. The number of ether oxygens (including phenoxy) is 6. The van der Waals surface area contributed by atoms with Crippen LogP contribution in [0.3, 0.4) is 0 Å². The monoisotopic (exact) mass is 558 g/mol. The second kappa shape index (κ2) is 21.8. The van der Waals surface area contributed by atoms with Crippen LogP contribution in [0, 0.1) is 0 Å². The van der Waals surface area contributed by atoms with Gasteiger partial charge in [-0.05, 0) is 19.8 Å². The highest BCUT2D eigenvalue weighted by Gasteiger charge is 2.22. The molecule has 0 aromatic heterocycles. The van der Waals surface area contributed by atoms with Gasteiger partial charge in [-0.3, -0.25) is 0 Å². The molecule has 0 aliphatic carbocycles. The van der Waals surface area contributed by atoms with E-state index in [2.05, 4.69) is 13.2 Å². The van der Waals surface area contributed by atoms with Crippen LogP contribution in [0.4, 0.5) is 9.59 Å². The van der Waals surface area contributed by atoms with Crippen LogP contribution < -0.4 is 0 Å². The molecule has 224 valence electrons. The van der Waals surface area contributed by atoms with E-state index in [4.69, 9.17) is 28.4 Å². The predicted molar refractivity (Wildman–Crippen MR) is 144 cm³/mol. The van der Waals surface area contributed by atoms with E-state index in [-0.39, 0.29) is 33.0 Å². The first-order valence-corrected chi connectivity index (χ1v) is 13.2. The van der Waals surface area contributed by atoms with Crippen molar-refractivity contribution in [2.24, 2.45) is 0 Å². The number of amides is 2. The second-order valence-corrected chi connectivity index (χ2v) is 8.91. The molecule has 0 N–H and O–H groups in total. The second-order valence-electron chi connectivity index (χ2n) is 8.91. The fourth-order valence-electron chi connectivity index (χ4n) is 2.82. The van der Waals surface area contributed by atoms with Gasteiger partial charge in [0.2, 0.25) is 0 Å². The zero-order chi connectivity index (χ0) is 29.6. The molecule has 3 atom stereocenters. The first-order valence-electron chi connectivity index (χ1n) is 13.2. The standard InChI is InChI=1S/C27H46N2O10/c1-8-12-14-28(6)26(32)38-22(19-36-24(30)10-3)17-34-16-21(5)35-18-23(20-37-25(31)11-4)39-27(33)29(7)15-13-9-2/h10-11,21-23H,3-4,8-9,12-20H2,1-2,5-7H3. The Morgan fingerprint density at radius 3 is 1.56 bits per heavy atom. The summed E-state index contributed by atoms with van der Waals surface area (Å²) < 4.78 is 32.3. The summed E-state index contributed by atoms with van der Waals surface area (Å²) in [6, 6.07) is 0. The van der Waals surface area contributed by atoms with Crippen molar-refractivity contribution in [1.29, 1.82) is 0 Å². The molecule has 3 unspecified atom stereocenters. The van der Waals surface area contributed by atoms with Gasteiger partial charge >= 0.3 is 24.1 Å². The van der Waals surface area contributed by atoms with Crippen LogP contribution in [0.1, 0.15) is 46.5 Å². The molecule has 0 saturated carbocycles. The average molecular weight is 559 g/mol. The summed E-state index contributed by atoms with van der Waals surface area (Å²) in [4.78, 5) is 50.5. The van der Waals surface area contributed by atoms with Crippen LogP contribution in [-0.2, 0) is 38.0 Å². The average Bonchev–Trinajstić information content (AvgIpc) is 2.93. The number of hydrogen-bond donors (Lipinski definition) is 0. The maximum atomic E-state index is 12.4. The van der Waals surface area contributed by atoms with E-state index in [1.807, 2.05) is 13.8 Å². The Bertz CT molecular complexity index is 761. The summed E-state index contributed by atoms with van der Waals surface area (Å²) >= 11 is 0. The molecule has 39 heavy (non-hydrogen) atoms. The molecule has 0 bridgehead atoms. The highest BCUT2D eigenvalue weighted by atomic mass is 16.6. The smallest absolute Gasteiger partial charge is 0.409 e. The first-order chi connectivity index (χ1) is 18.6. The Labute approximate surface area is 232 Å². The van der Waals surface area contributed by atoms with E-state index >= 15 is 0 Å². The van der Waals surface area contributed by atoms with E-state index in [0.29, 0.717) is 13.1 Å². The van der Waals surface area contributed by atoms with Gasteiger partial charge in [0, 0.05) is 39.3 Å². The molecule has 0 aliphatic heterocycles. The molecule has 0 rings (SSSR count). The summed E-state index contributed by atoms with van der Waals surface area (Å²) in [7, 11) is 3.25. The van der Waals surface area contributed by atoms with E-state index in [9.17, 15) is 19.2 Å². The van der Waals surface area contributed by atoms with Crippen LogP contribution in [0.15, 0.2) is 25.3 Å². The van der Waals surface area contributed by atoms with Gasteiger partial charge in [-0.15, -0.1) is 0 Å². The normalized spacial score (nSPS) is 12.8. The van der Waals surface area contributed by atoms with Gasteiger partial charge in [-0.1, -0.05) is 39.8 Å². The Kier molecular flexibility index (Phi) is 20.0. The maximum Gasteiger partial charge on any atom is 0.409 e. The Balaban J connectivity index is 4.88. The van der Waals surface area contributed by atoms with Crippen molar-refractivity contribution in [2.75, 3.05) is 60.2 Å². The highest BCUT2D eigenvalue weighted by molar-refractivity contribution is 5.81. The van der Waals surface area contributed by atoms with Crippen LogP contribution in [0.2, 0.25) is 0 Å². The number of carbonyl (C=O) groups excluding carboxylic acids is 4. The van der Waals surface area contributed by atoms with E-state index in [0.717, 1.165) is 37.8 Å². The van der Waals surface area contributed by atoms with Gasteiger partial charge in [0.05, 0.1) is 25.9 Å². The third-order valence-corrected chi connectivity index (χ3v) is 5.23. The predicted octanol–water partition coefficient (Wildman–Crippen LogP) is 3.34. The summed E-state index contributed by atoms with van der Waals surface area (Å²) in [5, 5.41) is 0. The topological polar surface area (TPSA) is 130 Å². The molecular weight excluding hydrogens is 512 g/mol. The lowest BCUT2D eigenvalue weighted by molar-refractivity contribution is -0.145. The largest absolute Gasteiger partial charge is 0.458 e. The Morgan fingerprint density at radius 1 is 0.718 bits per heavy atom. The number of carbonyl (C=O) groups is 4. The van der Waals surface area contributed by atoms with Crippen molar-refractivity contribution >= 4 is 24.1 Å².